The number of nitrogens with one attached hydrogen (secondary N) is 1. The highest BCUT2D eigenvalue weighted by Gasteiger charge is 2.06. The number of pyridine rings is 1. The van der Waals surface area contributed by atoms with E-state index in [2.05, 4.69) is 16.7 Å². The van der Waals surface area contributed by atoms with Gasteiger partial charge in [0, 0.05) is 17.8 Å². The van der Waals surface area contributed by atoms with Crippen molar-refractivity contribution in [2.24, 2.45) is 5.10 Å². The molecule has 0 spiro atoms. The third-order valence-corrected chi connectivity index (χ3v) is 2.70. The number of hydrogen-bond acceptors (Lipinski definition) is 4. The van der Waals surface area contributed by atoms with E-state index >= 15 is 0 Å². The Bertz CT molecular complexity index is 689. The SMILES string of the molecule is C=CN(/N=C\C)c1cc2cc(OC)ccc2c(=O)[nH]1.CC. The molecule has 1 heterocycles. The molecule has 1 aromatic carbocycles. The van der Waals surface area contributed by atoms with Gasteiger partial charge in [0.1, 0.15) is 11.6 Å². The second-order valence-electron chi connectivity index (χ2n) is 3.84. The quantitative estimate of drug-likeness (QED) is 0.691. The second-order valence-corrected chi connectivity index (χ2v) is 3.84. The number of aromatic amines is 1. The normalized spacial score (nSPS) is 10.1. The van der Waals surface area contributed by atoms with Crippen LogP contribution in [0.1, 0.15) is 20.8 Å². The van der Waals surface area contributed by atoms with Crippen molar-refractivity contribution in [3.8, 4) is 5.75 Å². The molecule has 0 aliphatic rings. The summed E-state index contributed by atoms with van der Waals surface area (Å²) in [5, 5.41) is 6.99. The van der Waals surface area contributed by atoms with E-state index in [1.54, 1.807) is 32.4 Å². The van der Waals surface area contributed by atoms with Crippen molar-refractivity contribution >= 4 is 22.8 Å². The molecule has 0 unspecified atom stereocenters. The molecule has 0 bridgehead atoms. The number of rotatable bonds is 4. The molecule has 0 fully saturated rings. The average molecular weight is 287 g/mol. The lowest BCUT2D eigenvalue weighted by atomic mass is 10.1. The van der Waals surface area contributed by atoms with Crippen LogP contribution in [0.5, 0.6) is 5.75 Å². The van der Waals surface area contributed by atoms with Crippen molar-refractivity contribution in [2.45, 2.75) is 20.8 Å². The minimum Gasteiger partial charge on any atom is -0.497 e. The Kier molecular flexibility index (Phi) is 6.20. The molecule has 0 aliphatic carbocycles. The number of H-pyrrole nitrogens is 1. The van der Waals surface area contributed by atoms with E-state index in [0.29, 0.717) is 17.0 Å². The van der Waals surface area contributed by atoms with E-state index in [1.165, 1.54) is 11.2 Å². The van der Waals surface area contributed by atoms with Gasteiger partial charge in [0.05, 0.1) is 7.11 Å². The molecule has 0 atom stereocenters. The van der Waals surface area contributed by atoms with Crippen molar-refractivity contribution in [2.75, 3.05) is 12.1 Å². The zero-order valence-electron chi connectivity index (χ0n) is 12.9. The molecule has 1 aromatic heterocycles. The molecule has 2 rings (SSSR count). The highest BCUT2D eigenvalue weighted by molar-refractivity contribution is 5.85. The molecule has 0 aliphatic heterocycles. The van der Waals surface area contributed by atoms with Crippen LogP contribution in [0.2, 0.25) is 0 Å². The molecular weight excluding hydrogens is 266 g/mol. The summed E-state index contributed by atoms with van der Waals surface area (Å²) in [7, 11) is 1.59. The molecule has 1 N–H and O–H groups in total. The summed E-state index contributed by atoms with van der Waals surface area (Å²) < 4.78 is 5.16. The summed E-state index contributed by atoms with van der Waals surface area (Å²) in [6.07, 6.45) is 3.15. The maximum Gasteiger partial charge on any atom is 0.257 e. The van der Waals surface area contributed by atoms with Crippen molar-refractivity contribution in [1.29, 1.82) is 0 Å². The summed E-state index contributed by atoms with van der Waals surface area (Å²) >= 11 is 0. The van der Waals surface area contributed by atoms with Crippen LogP contribution in [0.25, 0.3) is 10.8 Å². The third kappa shape index (κ3) is 3.72. The number of anilines is 1. The number of benzene rings is 1. The van der Waals surface area contributed by atoms with E-state index in [1.807, 2.05) is 26.0 Å². The van der Waals surface area contributed by atoms with E-state index in [0.717, 1.165) is 5.39 Å². The van der Waals surface area contributed by atoms with Crippen molar-refractivity contribution in [1.82, 2.24) is 4.98 Å². The zero-order valence-corrected chi connectivity index (χ0v) is 12.9. The standard InChI is InChI=1S/C14H15N3O2.C2H6/c1-4-15-17(5-2)13-9-10-8-11(19-3)6-7-12(10)14(18)16-13;1-2/h4-9H,2H2,1,3H3,(H,16,18);1-2H3/b15-4-;. The Morgan fingerprint density at radius 2 is 2.05 bits per heavy atom. The van der Waals surface area contributed by atoms with Crippen molar-refractivity contribution in [3.63, 3.8) is 0 Å². The fraction of sp³-hybridized carbons (Fsp3) is 0.250. The van der Waals surface area contributed by atoms with E-state index in [4.69, 9.17) is 4.74 Å². The lowest BCUT2D eigenvalue weighted by molar-refractivity contribution is 0.415. The largest absolute Gasteiger partial charge is 0.497 e. The summed E-state index contributed by atoms with van der Waals surface area (Å²) in [6.45, 7) is 9.46. The van der Waals surface area contributed by atoms with Crippen LogP contribution >= 0.6 is 0 Å². The van der Waals surface area contributed by atoms with Gasteiger partial charge in [0.2, 0.25) is 0 Å². The predicted octanol–water partition coefficient (Wildman–Crippen LogP) is 3.52. The fourth-order valence-corrected chi connectivity index (χ4v) is 1.82. The van der Waals surface area contributed by atoms with Crippen LogP contribution in [0.15, 0.2) is 46.9 Å². The highest BCUT2D eigenvalue weighted by Crippen LogP contribution is 2.21. The first-order chi connectivity index (χ1) is 10.2. The van der Waals surface area contributed by atoms with Gasteiger partial charge in [-0.05, 0) is 36.6 Å². The number of aromatic nitrogens is 1. The van der Waals surface area contributed by atoms with Crippen LogP contribution in [-0.2, 0) is 0 Å². The summed E-state index contributed by atoms with van der Waals surface area (Å²) in [5.74, 6) is 1.26. The maximum absolute atomic E-state index is 12.0. The first-order valence-corrected chi connectivity index (χ1v) is 6.81. The van der Waals surface area contributed by atoms with Gasteiger partial charge >= 0.3 is 0 Å². The van der Waals surface area contributed by atoms with E-state index < -0.39 is 0 Å². The fourth-order valence-electron chi connectivity index (χ4n) is 1.82. The number of hydrazone groups is 1. The summed E-state index contributed by atoms with van der Waals surface area (Å²) in [4.78, 5) is 14.8. The first kappa shape index (κ1) is 16.5. The van der Waals surface area contributed by atoms with Crippen molar-refractivity contribution < 1.29 is 4.74 Å². The predicted molar refractivity (Wildman–Crippen MR) is 89.3 cm³/mol. The van der Waals surface area contributed by atoms with Gasteiger partial charge in [-0.25, -0.2) is 5.01 Å². The third-order valence-electron chi connectivity index (χ3n) is 2.70. The smallest absolute Gasteiger partial charge is 0.257 e. The Hall–Kier alpha value is -2.56. The minimum absolute atomic E-state index is 0.173. The van der Waals surface area contributed by atoms with Gasteiger partial charge in [0.25, 0.3) is 5.56 Å². The van der Waals surface area contributed by atoms with Gasteiger partial charge in [-0.3, -0.25) is 4.79 Å². The van der Waals surface area contributed by atoms with Gasteiger partial charge in [-0.15, -0.1) is 0 Å². The first-order valence-electron chi connectivity index (χ1n) is 6.81. The average Bonchev–Trinajstić information content (AvgIpc) is 2.53. The van der Waals surface area contributed by atoms with Crippen LogP contribution in [0.4, 0.5) is 5.82 Å². The molecule has 0 amide bonds. The topological polar surface area (TPSA) is 57.7 Å². The molecule has 0 saturated carbocycles. The monoisotopic (exact) mass is 287 g/mol. The highest BCUT2D eigenvalue weighted by atomic mass is 16.5. The lowest BCUT2D eigenvalue weighted by Gasteiger charge is -2.13. The Labute approximate surface area is 124 Å². The molecule has 112 valence electrons. The van der Waals surface area contributed by atoms with Crippen LogP contribution < -0.4 is 15.3 Å². The molecule has 5 nitrogen and oxygen atoms in total. The zero-order chi connectivity index (χ0) is 15.8. The number of fused-ring (bicyclic) bond motifs is 1. The molecule has 21 heavy (non-hydrogen) atoms. The minimum atomic E-state index is -0.173. The molecule has 5 heteroatoms. The molecule has 0 saturated heterocycles. The maximum atomic E-state index is 12.0. The van der Waals surface area contributed by atoms with E-state index in [-0.39, 0.29) is 5.56 Å². The van der Waals surface area contributed by atoms with Crippen molar-refractivity contribution in [3.05, 3.63) is 47.4 Å². The molecule has 2 aromatic rings. The lowest BCUT2D eigenvalue weighted by Crippen LogP contribution is -2.15. The summed E-state index contributed by atoms with van der Waals surface area (Å²) in [6, 6.07) is 7.13. The number of methoxy groups -OCH3 is 1. The molecule has 0 radical (unpaired) electrons. The van der Waals surface area contributed by atoms with Gasteiger partial charge in [0.15, 0.2) is 0 Å². The number of nitrogens with zero attached hydrogens (tertiary/aromatic N) is 2. The summed E-state index contributed by atoms with van der Waals surface area (Å²) in [5.41, 5.74) is -0.173. The van der Waals surface area contributed by atoms with Gasteiger partial charge in [-0.1, -0.05) is 20.4 Å². The van der Waals surface area contributed by atoms with Crippen LogP contribution in [0.3, 0.4) is 0 Å². The second kappa shape index (κ2) is 7.89. The van der Waals surface area contributed by atoms with Crippen LogP contribution in [-0.4, -0.2) is 18.3 Å². The Balaban J connectivity index is 0.00000106. The Morgan fingerprint density at radius 3 is 2.62 bits per heavy atom. The number of ether oxygens (including phenoxy) is 1. The Morgan fingerprint density at radius 1 is 1.33 bits per heavy atom. The van der Waals surface area contributed by atoms with Gasteiger partial charge < -0.3 is 9.72 Å². The van der Waals surface area contributed by atoms with E-state index in [9.17, 15) is 4.79 Å². The van der Waals surface area contributed by atoms with Crippen LogP contribution in [0, 0.1) is 0 Å². The molecular formula is C16H21N3O2. The van der Waals surface area contributed by atoms with Gasteiger partial charge in [-0.2, -0.15) is 5.10 Å². The number of hydrogen-bond donors (Lipinski definition) is 1.